The molecule has 0 spiro atoms. The first-order chi connectivity index (χ1) is 2.27. The van der Waals surface area contributed by atoms with Gasteiger partial charge in [0.2, 0.25) is 0 Å². The number of aliphatic carboxylic acids is 1. The Kier molecular flexibility index (Phi) is 1.53. The van der Waals surface area contributed by atoms with E-state index in [0.29, 0.717) is 0 Å². The van der Waals surface area contributed by atoms with E-state index < -0.39 is 5.97 Å². The van der Waals surface area contributed by atoms with E-state index in [9.17, 15) is 4.79 Å². The van der Waals surface area contributed by atoms with E-state index in [0.717, 1.165) is 0 Å². The molecule has 3 heteroatoms. The van der Waals surface area contributed by atoms with Gasteiger partial charge >= 0.3 is 5.97 Å². The molecule has 0 aromatic rings. The lowest BCUT2D eigenvalue weighted by Gasteiger charge is -1.73. The number of carboxylic acid groups (broad SMARTS) is 1. The Morgan fingerprint density at radius 1 is 2.20 bits per heavy atom. The van der Waals surface area contributed by atoms with Crippen LogP contribution in [0.4, 0.5) is 0 Å². The minimum absolute atomic E-state index is 0. The van der Waals surface area contributed by atoms with Crippen LogP contribution in [0.25, 0.3) is 0 Å². The fourth-order valence-corrected chi connectivity index (χ4v) is 0. The van der Waals surface area contributed by atoms with Crippen LogP contribution in [0, 0.1) is 0 Å². The van der Waals surface area contributed by atoms with Crippen molar-refractivity contribution in [2.45, 2.75) is 0 Å². The Morgan fingerprint density at radius 3 is 2.40 bits per heavy atom. The molecule has 5 heavy (non-hydrogen) atoms. The fraction of sp³-hybridized carbons (Fsp3) is 0.500. The van der Waals surface area contributed by atoms with Gasteiger partial charge in [-0.1, -0.05) is 0 Å². The van der Waals surface area contributed by atoms with Crippen molar-refractivity contribution in [2.75, 3.05) is 6.54 Å². The van der Waals surface area contributed by atoms with Crippen LogP contribution in [0.3, 0.4) is 0 Å². The van der Waals surface area contributed by atoms with Gasteiger partial charge in [-0.25, -0.2) is 0 Å². The molecule has 1 radical (unpaired) electrons. The zero-order valence-electron chi connectivity index (χ0n) is 3.64. The van der Waals surface area contributed by atoms with Gasteiger partial charge in [-0.15, -0.1) is 0 Å². The highest BCUT2D eigenvalue weighted by Crippen LogP contribution is 1.43. The van der Waals surface area contributed by atoms with Crippen LogP contribution in [0.1, 0.15) is 1.43 Å². The summed E-state index contributed by atoms with van der Waals surface area (Å²) in [4.78, 5) is 9.24. The largest absolute Gasteiger partial charge is 0.480 e. The van der Waals surface area contributed by atoms with Crippen LogP contribution in [0.2, 0.25) is 0 Å². The topological polar surface area (TPSA) is 63.3 Å². The van der Waals surface area contributed by atoms with Gasteiger partial charge in [-0.05, 0) is 0 Å². The zero-order valence-corrected chi connectivity index (χ0v) is 2.64. The van der Waals surface area contributed by atoms with Crippen LogP contribution < -0.4 is 5.73 Å². The van der Waals surface area contributed by atoms with Crippen molar-refractivity contribution in [3.8, 4) is 0 Å². The number of carbonyl (C=O) groups is 1. The number of nitrogens with two attached hydrogens (primary N) is 1. The normalized spacial score (nSPS) is 7.40. The van der Waals surface area contributed by atoms with E-state index in [2.05, 4.69) is 5.73 Å². The molecule has 3 nitrogen and oxygen atoms in total. The van der Waals surface area contributed by atoms with E-state index in [-0.39, 0.29) is 7.97 Å². The first kappa shape index (κ1) is 4.43. The molecule has 0 aromatic carbocycles. The number of carboxylic acids is 1. The Balaban J connectivity index is 0. The summed E-state index contributed by atoms with van der Waals surface area (Å²) in [7, 11) is 0. The summed E-state index contributed by atoms with van der Waals surface area (Å²) in [5.41, 5.74) is 4.57. The summed E-state index contributed by atoms with van der Waals surface area (Å²) in [5.74, 6) is -0.968. The second kappa shape index (κ2) is 1.72. The minimum atomic E-state index is -0.968. The molecule has 0 heterocycles. The highest BCUT2D eigenvalue weighted by Gasteiger charge is 1.81. The maximum absolute atomic E-state index is 9.24. The molecular formula is C2H6NO2. The molecule has 0 atom stereocenters. The molecule has 0 aliphatic heterocycles. The zero-order chi connectivity index (χ0) is 4.28. The van der Waals surface area contributed by atoms with Gasteiger partial charge in [-0.3, -0.25) is 4.79 Å². The summed E-state index contributed by atoms with van der Waals surface area (Å²) < 4.78 is 0. The average molecular weight is 76.1 g/mol. The van der Waals surface area contributed by atoms with E-state index >= 15 is 0 Å². The Bertz CT molecular complexity index is 46.8. The SMILES string of the molecule is NCC(=O)O.[H]. The van der Waals surface area contributed by atoms with Crippen LogP contribution >= 0.6 is 0 Å². The Hall–Kier alpha value is -0.570. The molecule has 0 saturated carbocycles. The summed E-state index contributed by atoms with van der Waals surface area (Å²) in [6.07, 6.45) is 0. The van der Waals surface area contributed by atoms with Gasteiger partial charge in [0, 0.05) is 1.43 Å². The van der Waals surface area contributed by atoms with Crippen molar-refractivity contribution in [3.05, 3.63) is 0 Å². The lowest BCUT2D eigenvalue weighted by atomic mass is 10.7. The molecule has 3 N–H and O–H groups in total. The molecule has 0 amide bonds. The van der Waals surface area contributed by atoms with Crippen molar-refractivity contribution in [1.82, 2.24) is 0 Å². The van der Waals surface area contributed by atoms with Gasteiger partial charge in [-0.2, -0.15) is 0 Å². The van der Waals surface area contributed by atoms with E-state index in [1.54, 1.807) is 0 Å². The molecule has 0 rings (SSSR count). The maximum atomic E-state index is 9.24. The van der Waals surface area contributed by atoms with Crippen molar-refractivity contribution in [2.24, 2.45) is 5.73 Å². The summed E-state index contributed by atoms with van der Waals surface area (Å²) in [6, 6.07) is 0. The third-order valence-electron chi connectivity index (χ3n) is 0.175. The Labute approximate surface area is 30.9 Å². The molecule has 0 unspecified atom stereocenters. The predicted molar refractivity (Wildman–Crippen MR) is 17.8 cm³/mol. The highest BCUT2D eigenvalue weighted by molar-refractivity contribution is 5.68. The quantitative estimate of drug-likeness (QED) is 0.427. The van der Waals surface area contributed by atoms with Gasteiger partial charge in [0.25, 0.3) is 0 Å². The molecule has 0 bridgehead atoms. The lowest BCUT2D eigenvalue weighted by molar-refractivity contribution is -0.135. The minimum Gasteiger partial charge on any atom is -0.480 e. The van der Waals surface area contributed by atoms with E-state index in [1.807, 2.05) is 0 Å². The van der Waals surface area contributed by atoms with Gasteiger partial charge in [0.05, 0.1) is 6.54 Å². The van der Waals surface area contributed by atoms with E-state index in [4.69, 9.17) is 5.11 Å². The number of rotatable bonds is 1. The second-order valence-electron chi connectivity index (χ2n) is 0.598. The monoisotopic (exact) mass is 76.0 g/mol. The first-order valence-electron chi connectivity index (χ1n) is 1.19. The molecule has 0 aliphatic carbocycles. The first-order valence-corrected chi connectivity index (χ1v) is 1.19. The van der Waals surface area contributed by atoms with Crippen LogP contribution in [0.15, 0.2) is 0 Å². The lowest BCUT2D eigenvalue weighted by Crippen LogP contribution is -2.10. The standard InChI is InChI=1S/C2H5NO2.H/c3-1-2(4)5;/h1,3H2,(H,4,5);. The van der Waals surface area contributed by atoms with Gasteiger partial charge in [0.15, 0.2) is 0 Å². The van der Waals surface area contributed by atoms with Gasteiger partial charge < -0.3 is 10.8 Å². The molecule has 0 aromatic heterocycles. The van der Waals surface area contributed by atoms with Crippen molar-refractivity contribution >= 4 is 5.97 Å². The van der Waals surface area contributed by atoms with Crippen molar-refractivity contribution in [3.63, 3.8) is 0 Å². The van der Waals surface area contributed by atoms with Crippen molar-refractivity contribution in [1.29, 1.82) is 0 Å². The molecule has 0 fully saturated rings. The van der Waals surface area contributed by atoms with E-state index in [1.165, 1.54) is 0 Å². The summed E-state index contributed by atoms with van der Waals surface area (Å²) in [5, 5.41) is 7.60. The summed E-state index contributed by atoms with van der Waals surface area (Å²) >= 11 is 0. The van der Waals surface area contributed by atoms with Crippen LogP contribution in [-0.4, -0.2) is 17.6 Å². The van der Waals surface area contributed by atoms with Crippen LogP contribution in [-0.2, 0) is 4.79 Å². The summed E-state index contributed by atoms with van der Waals surface area (Å²) in [6.45, 7) is -0.278. The molecule has 0 aliphatic rings. The smallest absolute Gasteiger partial charge is 0.317 e. The number of hydrogen-bond acceptors (Lipinski definition) is 2. The molecule has 31 valence electrons. The predicted octanol–water partition coefficient (Wildman–Crippen LogP) is -0.858. The Morgan fingerprint density at radius 2 is 2.40 bits per heavy atom. The maximum Gasteiger partial charge on any atom is 0.317 e. The average Bonchev–Trinajstić information content (AvgIpc) is 1.38. The molecular weight excluding hydrogens is 70.0 g/mol. The fourth-order valence-electron chi connectivity index (χ4n) is 0. The number of hydrogen-bond donors (Lipinski definition) is 2. The highest BCUT2D eigenvalue weighted by atomic mass is 16.4. The third-order valence-corrected chi connectivity index (χ3v) is 0.175. The third kappa shape index (κ3) is 3.43. The van der Waals surface area contributed by atoms with Gasteiger partial charge in [0.1, 0.15) is 0 Å². The molecule has 0 saturated heterocycles. The van der Waals surface area contributed by atoms with Crippen molar-refractivity contribution < 1.29 is 11.3 Å². The van der Waals surface area contributed by atoms with Crippen LogP contribution in [0.5, 0.6) is 0 Å². The second-order valence-corrected chi connectivity index (χ2v) is 0.598.